The van der Waals surface area contributed by atoms with Gasteiger partial charge in [-0.2, -0.15) is 0 Å². The van der Waals surface area contributed by atoms with E-state index in [1.54, 1.807) is 21.1 Å². The van der Waals surface area contributed by atoms with E-state index in [4.69, 9.17) is 9.47 Å². The van der Waals surface area contributed by atoms with E-state index in [2.05, 4.69) is 10.6 Å². The number of nitrogens with zero attached hydrogens (tertiary/aromatic N) is 1. The van der Waals surface area contributed by atoms with E-state index < -0.39 is 12.1 Å². The number of carbonyl (C=O) groups excluding carboxylic acids is 2. The lowest BCUT2D eigenvalue weighted by Crippen LogP contribution is -2.50. The SMILES string of the molecule is COc1cc(C)c(CN(C)[C@H](C)C(=O)NC(=O)NC2CCCC2)cc1OC. The number of urea groups is 1. The van der Waals surface area contributed by atoms with Gasteiger partial charge in [0.15, 0.2) is 11.5 Å². The van der Waals surface area contributed by atoms with Crippen molar-refractivity contribution in [2.24, 2.45) is 0 Å². The Hall–Kier alpha value is -2.28. The average molecular weight is 377 g/mol. The number of aryl methyl sites for hydroxylation is 1. The van der Waals surface area contributed by atoms with Crippen molar-refractivity contribution in [1.82, 2.24) is 15.5 Å². The summed E-state index contributed by atoms with van der Waals surface area (Å²) in [4.78, 5) is 26.3. The van der Waals surface area contributed by atoms with E-state index >= 15 is 0 Å². The molecule has 1 saturated carbocycles. The summed E-state index contributed by atoms with van der Waals surface area (Å²) in [5.74, 6) is 1.02. The number of benzene rings is 1. The van der Waals surface area contributed by atoms with Crippen molar-refractivity contribution >= 4 is 11.9 Å². The van der Waals surface area contributed by atoms with Gasteiger partial charge < -0.3 is 14.8 Å². The highest BCUT2D eigenvalue weighted by atomic mass is 16.5. The van der Waals surface area contributed by atoms with Crippen LogP contribution in [0.25, 0.3) is 0 Å². The van der Waals surface area contributed by atoms with E-state index in [-0.39, 0.29) is 11.9 Å². The van der Waals surface area contributed by atoms with Crippen LogP contribution in [0.1, 0.15) is 43.7 Å². The van der Waals surface area contributed by atoms with Gasteiger partial charge in [0.25, 0.3) is 0 Å². The lowest BCUT2D eigenvalue weighted by Gasteiger charge is -2.25. The zero-order chi connectivity index (χ0) is 20.0. The molecule has 7 heteroatoms. The van der Waals surface area contributed by atoms with Crippen molar-refractivity contribution in [2.45, 2.75) is 58.2 Å². The van der Waals surface area contributed by atoms with Gasteiger partial charge in [-0.05, 0) is 57.0 Å². The van der Waals surface area contributed by atoms with E-state index in [0.29, 0.717) is 18.0 Å². The lowest BCUT2D eigenvalue weighted by molar-refractivity contribution is -0.124. The third-order valence-electron chi connectivity index (χ3n) is 5.23. The predicted octanol–water partition coefficient (Wildman–Crippen LogP) is 2.60. The summed E-state index contributed by atoms with van der Waals surface area (Å²) in [6.45, 7) is 4.32. The van der Waals surface area contributed by atoms with Gasteiger partial charge in [-0.25, -0.2) is 4.79 Å². The lowest BCUT2D eigenvalue weighted by atomic mass is 10.1. The molecule has 1 atom stereocenters. The van der Waals surface area contributed by atoms with Gasteiger partial charge in [-0.3, -0.25) is 15.0 Å². The molecule has 27 heavy (non-hydrogen) atoms. The molecule has 0 radical (unpaired) electrons. The average Bonchev–Trinajstić information content (AvgIpc) is 3.14. The molecule has 1 fully saturated rings. The van der Waals surface area contributed by atoms with Crippen LogP contribution in [0, 0.1) is 6.92 Å². The van der Waals surface area contributed by atoms with E-state index in [0.717, 1.165) is 36.8 Å². The Labute approximate surface area is 161 Å². The fraction of sp³-hybridized carbons (Fsp3) is 0.600. The Kier molecular flexibility index (Phi) is 7.47. The van der Waals surface area contributed by atoms with Crippen molar-refractivity contribution in [3.05, 3.63) is 23.3 Å². The van der Waals surface area contributed by atoms with Crippen molar-refractivity contribution in [2.75, 3.05) is 21.3 Å². The molecule has 3 amide bonds. The van der Waals surface area contributed by atoms with Gasteiger partial charge in [0.1, 0.15) is 0 Å². The van der Waals surface area contributed by atoms with Crippen molar-refractivity contribution < 1.29 is 19.1 Å². The Morgan fingerprint density at radius 1 is 1.19 bits per heavy atom. The molecule has 0 aliphatic heterocycles. The summed E-state index contributed by atoms with van der Waals surface area (Å²) in [5, 5.41) is 5.32. The molecule has 0 unspecified atom stereocenters. The number of amides is 3. The first-order valence-electron chi connectivity index (χ1n) is 9.38. The summed E-state index contributed by atoms with van der Waals surface area (Å²) in [5.41, 5.74) is 2.08. The molecule has 2 rings (SSSR count). The van der Waals surface area contributed by atoms with Crippen molar-refractivity contribution in [3.8, 4) is 11.5 Å². The fourth-order valence-electron chi connectivity index (χ4n) is 3.31. The molecule has 1 aromatic rings. The molecule has 150 valence electrons. The second-order valence-corrected chi connectivity index (χ2v) is 7.17. The van der Waals surface area contributed by atoms with Crippen LogP contribution in [0.4, 0.5) is 4.79 Å². The molecule has 0 heterocycles. The largest absolute Gasteiger partial charge is 0.493 e. The zero-order valence-corrected chi connectivity index (χ0v) is 16.9. The third kappa shape index (κ3) is 5.60. The number of hydrogen-bond donors (Lipinski definition) is 2. The maximum absolute atomic E-state index is 12.4. The number of methoxy groups -OCH3 is 2. The molecule has 0 bridgehead atoms. The fourth-order valence-corrected chi connectivity index (χ4v) is 3.31. The second-order valence-electron chi connectivity index (χ2n) is 7.17. The molecule has 1 aliphatic carbocycles. The number of rotatable bonds is 7. The van der Waals surface area contributed by atoms with Gasteiger partial charge in [-0.15, -0.1) is 0 Å². The minimum Gasteiger partial charge on any atom is -0.493 e. The molecule has 7 nitrogen and oxygen atoms in total. The summed E-state index contributed by atoms with van der Waals surface area (Å²) >= 11 is 0. The molecule has 1 aliphatic rings. The number of hydrogen-bond acceptors (Lipinski definition) is 5. The summed E-state index contributed by atoms with van der Waals surface area (Å²) < 4.78 is 10.7. The third-order valence-corrected chi connectivity index (χ3v) is 5.23. The highest BCUT2D eigenvalue weighted by Crippen LogP contribution is 2.30. The van der Waals surface area contributed by atoms with Crippen LogP contribution in [0.3, 0.4) is 0 Å². The van der Waals surface area contributed by atoms with E-state index in [1.807, 2.05) is 31.0 Å². The maximum atomic E-state index is 12.4. The van der Waals surface area contributed by atoms with Gasteiger partial charge in [0.2, 0.25) is 5.91 Å². The van der Waals surface area contributed by atoms with E-state index in [1.165, 1.54) is 0 Å². The van der Waals surface area contributed by atoms with Gasteiger partial charge >= 0.3 is 6.03 Å². The molecule has 0 spiro atoms. The van der Waals surface area contributed by atoms with Gasteiger partial charge in [0.05, 0.1) is 20.3 Å². The Bertz CT molecular complexity index is 671. The van der Waals surface area contributed by atoms with Crippen LogP contribution >= 0.6 is 0 Å². The van der Waals surface area contributed by atoms with Crippen LogP contribution in [0.5, 0.6) is 11.5 Å². The quantitative estimate of drug-likeness (QED) is 0.763. The molecule has 2 N–H and O–H groups in total. The number of carbonyl (C=O) groups is 2. The number of nitrogens with one attached hydrogen (secondary N) is 2. The van der Waals surface area contributed by atoms with Crippen LogP contribution in [0.15, 0.2) is 12.1 Å². The highest BCUT2D eigenvalue weighted by molar-refractivity contribution is 5.96. The summed E-state index contributed by atoms with van der Waals surface area (Å²) in [6.07, 6.45) is 4.22. The van der Waals surface area contributed by atoms with Crippen LogP contribution in [-0.2, 0) is 11.3 Å². The van der Waals surface area contributed by atoms with Gasteiger partial charge in [0, 0.05) is 12.6 Å². The van der Waals surface area contributed by atoms with Gasteiger partial charge in [-0.1, -0.05) is 12.8 Å². The van der Waals surface area contributed by atoms with Crippen molar-refractivity contribution in [3.63, 3.8) is 0 Å². The monoisotopic (exact) mass is 377 g/mol. The number of likely N-dealkylation sites (N-methyl/N-ethyl adjacent to an activating group) is 1. The molecular weight excluding hydrogens is 346 g/mol. The Morgan fingerprint density at radius 3 is 2.37 bits per heavy atom. The standard InChI is InChI=1S/C20H31N3O4/c1-13-10-17(26-4)18(27-5)11-15(13)12-23(3)14(2)19(24)22-20(25)21-16-8-6-7-9-16/h10-11,14,16H,6-9,12H2,1-5H3,(H2,21,22,24,25)/t14-/m1/s1. The van der Waals surface area contributed by atoms with Crippen LogP contribution in [-0.4, -0.2) is 50.2 Å². The highest BCUT2D eigenvalue weighted by Gasteiger charge is 2.23. The molecule has 0 aromatic heterocycles. The molecular formula is C20H31N3O4. The summed E-state index contributed by atoms with van der Waals surface area (Å²) in [6, 6.07) is 3.16. The zero-order valence-electron chi connectivity index (χ0n) is 16.9. The Balaban J connectivity index is 1.95. The van der Waals surface area contributed by atoms with Crippen molar-refractivity contribution in [1.29, 1.82) is 0 Å². The number of imide groups is 1. The van der Waals surface area contributed by atoms with Crippen LogP contribution < -0.4 is 20.1 Å². The first kappa shape index (κ1) is 21.0. The van der Waals surface area contributed by atoms with E-state index in [9.17, 15) is 9.59 Å². The predicted molar refractivity (Wildman–Crippen MR) is 104 cm³/mol. The first-order valence-corrected chi connectivity index (χ1v) is 9.38. The first-order chi connectivity index (χ1) is 12.8. The second kappa shape index (κ2) is 9.60. The molecule has 1 aromatic carbocycles. The topological polar surface area (TPSA) is 79.9 Å². The Morgan fingerprint density at radius 2 is 1.78 bits per heavy atom. The summed E-state index contributed by atoms with van der Waals surface area (Å²) in [7, 11) is 5.06. The minimum atomic E-state index is -0.452. The molecule has 0 saturated heterocycles. The smallest absolute Gasteiger partial charge is 0.321 e. The normalized spacial score (nSPS) is 15.5. The minimum absolute atomic E-state index is 0.181. The maximum Gasteiger partial charge on any atom is 0.321 e. The van der Waals surface area contributed by atoms with Crippen LogP contribution in [0.2, 0.25) is 0 Å². The number of ether oxygens (including phenoxy) is 2.